The SMILES string of the molecule is Cc1ccc(NCc2ccsc2)cc1. The van der Waals surface area contributed by atoms with E-state index in [0.717, 1.165) is 6.54 Å². The maximum absolute atomic E-state index is 3.38. The number of aryl methyl sites for hydroxylation is 1. The topological polar surface area (TPSA) is 12.0 Å². The summed E-state index contributed by atoms with van der Waals surface area (Å²) in [6, 6.07) is 10.6. The van der Waals surface area contributed by atoms with E-state index in [4.69, 9.17) is 0 Å². The standard InChI is InChI=1S/C12H13NS/c1-10-2-4-12(5-3-10)13-8-11-6-7-14-9-11/h2-7,9,13H,8H2,1H3. The molecule has 0 fully saturated rings. The van der Waals surface area contributed by atoms with Gasteiger partial charge in [0.15, 0.2) is 0 Å². The van der Waals surface area contributed by atoms with Crippen LogP contribution in [0.15, 0.2) is 41.1 Å². The maximum atomic E-state index is 3.38. The van der Waals surface area contributed by atoms with E-state index in [1.807, 2.05) is 0 Å². The number of rotatable bonds is 3. The lowest BCUT2D eigenvalue weighted by Gasteiger charge is -2.04. The normalized spacial score (nSPS) is 10.1. The first-order valence-corrected chi connectivity index (χ1v) is 5.60. The van der Waals surface area contributed by atoms with E-state index in [9.17, 15) is 0 Å². The summed E-state index contributed by atoms with van der Waals surface area (Å²) >= 11 is 1.74. The average molecular weight is 203 g/mol. The van der Waals surface area contributed by atoms with Gasteiger partial charge in [0.25, 0.3) is 0 Å². The summed E-state index contributed by atoms with van der Waals surface area (Å²) in [6.07, 6.45) is 0. The first kappa shape index (κ1) is 9.28. The molecule has 2 heteroatoms. The van der Waals surface area contributed by atoms with Crippen molar-refractivity contribution in [3.63, 3.8) is 0 Å². The summed E-state index contributed by atoms with van der Waals surface area (Å²) < 4.78 is 0. The molecule has 1 heterocycles. The number of benzene rings is 1. The third kappa shape index (κ3) is 2.36. The third-order valence-corrected chi connectivity index (χ3v) is 2.86. The fourth-order valence-corrected chi connectivity index (χ4v) is 1.94. The van der Waals surface area contributed by atoms with Gasteiger partial charge in [-0.05, 0) is 41.4 Å². The summed E-state index contributed by atoms with van der Waals surface area (Å²) in [6.45, 7) is 3.01. The van der Waals surface area contributed by atoms with Crippen molar-refractivity contribution >= 4 is 17.0 Å². The summed E-state index contributed by atoms with van der Waals surface area (Å²) in [5, 5.41) is 7.65. The molecule has 0 aliphatic heterocycles. The predicted molar refractivity (Wildman–Crippen MR) is 62.8 cm³/mol. The molecule has 0 unspecified atom stereocenters. The molecule has 72 valence electrons. The number of hydrogen-bond acceptors (Lipinski definition) is 2. The van der Waals surface area contributed by atoms with Crippen molar-refractivity contribution in [2.24, 2.45) is 0 Å². The fraction of sp³-hybridized carbons (Fsp3) is 0.167. The highest BCUT2D eigenvalue weighted by Crippen LogP contribution is 2.12. The molecule has 0 amide bonds. The van der Waals surface area contributed by atoms with Gasteiger partial charge in [-0.1, -0.05) is 17.7 Å². The van der Waals surface area contributed by atoms with Crippen LogP contribution in [0.25, 0.3) is 0 Å². The Hall–Kier alpha value is -1.28. The molecular formula is C12H13NS. The van der Waals surface area contributed by atoms with Gasteiger partial charge in [-0.2, -0.15) is 11.3 Å². The lowest BCUT2D eigenvalue weighted by atomic mass is 10.2. The van der Waals surface area contributed by atoms with Gasteiger partial charge in [0, 0.05) is 12.2 Å². The van der Waals surface area contributed by atoms with Crippen LogP contribution in [0.1, 0.15) is 11.1 Å². The van der Waals surface area contributed by atoms with Gasteiger partial charge in [-0.15, -0.1) is 0 Å². The van der Waals surface area contributed by atoms with E-state index in [0.29, 0.717) is 0 Å². The number of anilines is 1. The highest BCUT2D eigenvalue weighted by Gasteiger charge is 1.93. The van der Waals surface area contributed by atoms with Gasteiger partial charge in [-0.3, -0.25) is 0 Å². The molecule has 0 spiro atoms. The number of nitrogens with one attached hydrogen (secondary N) is 1. The zero-order valence-corrected chi connectivity index (χ0v) is 8.97. The monoisotopic (exact) mass is 203 g/mol. The second-order valence-corrected chi connectivity index (χ2v) is 4.13. The van der Waals surface area contributed by atoms with E-state index in [1.165, 1.54) is 16.8 Å². The summed E-state index contributed by atoms with van der Waals surface area (Å²) in [7, 11) is 0. The fourth-order valence-electron chi connectivity index (χ4n) is 1.27. The van der Waals surface area contributed by atoms with Crippen molar-refractivity contribution in [1.29, 1.82) is 0 Å². The Morgan fingerprint density at radius 1 is 1.14 bits per heavy atom. The predicted octanol–water partition coefficient (Wildman–Crippen LogP) is 3.67. The van der Waals surface area contributed by atoms with Crippen molar-refractivity contribution in [3.05, 3.63) is 52.2 Å². The van der Waals surface area contributed by atoms with Crippen molar-refractivity contribution in [3.8, 4) is 0 Å². The summed E-state index contributed by atoms with van der Waals surface area (Å²) in [5.74, 6) is 0. The third-order valence-electron chi connectivity index (χ3n) is 2.13. The molecule has 0 saturated heterocycles. The Balaban J connectivity index is 1.95. The van der Waals surface area contributed by atoms with Crippen LogP contribution in [0.3, 0.4) is 0 Å². The molecule has 0 radical (unpaired) electrons. The summed E-state index contributed by atoms with van der Waals surface area (Å²) in [5.41, 5.74) is 3.82. The van der Waals surface area contributed by atoms with E-state index in [-0.39, 0.29) is 0 Å². The Morgan fingerprint density at radius 3 is 2.57 bits per heavy atom. The van der Waals surface area contributed by atoms with Crippen LogP contribution >= 0.6 is 11.3 Å². The van der Waals surface area contributed by atoms with Crippen LogP contribution in [0.4, 0.5) is 5.69 Å². The van der Waals surface area contributed by atoms with Crippen LogP contribution in [-0.4, -0.2) is 0 Å². The van der Waals surface area contributed by atoms with E-state index in [2.05, 4.69) is 53.3 Å². The number of thiophene rings is 1. The molecule has 1 nitrogen and oxygen atoms in total. The van der Waals surface area contributed by atoms with E-state index >= 15 is 0 Å². The Bertz CT molecular complexity index is 375. The molecule has 0 atom stereocenters. The van der Waals surface area contributed by atoms with Gasteiger partial charge in [-0.25, -0.2) is 0 Å². The van der Waals surface area contributed by atoms with Crippen molar-refractivity contribution in [1.82, 2.24) is 0 Å². The minimum Gasteiger partial charge on any atom is -0.381 e. The maximum Gasteiger partial charge on any atom is 0.0409 e. The zero-order valence-electron chi connectivity index (χ0n) is 8.16. The molecular weight excluding hydrogens is 190 g/mol. The molecule has 2 rings (SSSR count). The minimum atomic E-state index is 0.909. The highest BCUT2D eigenvalue weighted by molar-refractivity contribution is 7.07. The molecule has 1 aromatic carbocycles. The molecule has 0 aliphatic rings. The Labute approximate surface area is 88.4 Å². The Kier molecular flexibility index (Phi) is 2.84. The first-order valence-electron chi connectivity index (χ1n) is 4.66. The van der Waals surface area contributed by atoms with Crippen LogP contribution in [-0.2, 0) is 6.54 Å². The van der Waals surface area contributed by atoms with Crippen molar-refractivity contribution in [2.75, 3.05) is 5.32 Å². The lowest BCUT2D eigenvalue weighted by molar-refractivity contribution is 1.16. The van der Waals surface area contributed by atoms with E-state index < -0.39 is 0 Å². The average Bonchev–Trinajstić information content (AvgIpc) is 2.70. The second kappa shape index (κ2) is 4.29. The lowest BCUT2D eigenvalue weighted by Crippen LogP contribution is -1.97. The molecule has 0 bridgehead atoms. The number of hydrogen-bond donors (Lipinski definition) is 1. The molecule has 14 heavy (non-hydrogen) atoms. The van der Waals surface area contributed by atoms with Crippen molar-refractivity contribution < 1.29 is 0 Å². The van der Waals surface area contributed by atoms with Crippen LogP contribution < -0.4 is 5.32 Å². The quantitative estimate of drug-likeness (QED) is 0.802. The van der Waals surface area contributed by atoms with Crippen LogP contribution in [0.5, 0.6) is 0 Å². The van der Waals surface area contributed by atoms with Gasteiger partial charge < -0.3 is 5.32 Å². The van der Waals surface area contributed by atoms with E-state index in [1.54, 1.807) is 11.3 Å². The van der Waals surface area contributed by atoms with Gasteiger partial charge in [0.2, 0.25) is 0 Å². The zero-order chi connectivity index (χ0) is 9.80. The molecule has 0 aliphatic carbocycles. The second-order valence-electron chi connectivity index (χ2n) is 3.35. The van der Waals surface area contributed by atoms with Gasteiger partial charge in [0.1, 0.15) is 0 Å². The molecule has 1 N–H and O–H groups in total. The minimum absolute atomic E-state index is 0.909. The van der Waals surface area contributed by atoms with Gasteiger partial charge in [0.05, 0.1) is 0 Å². The highest BCUT2D eigenvalue weighted by atomic mass is 32.1. The van der Waals surface area contributed by atoms with Crippen LogP contribution in [0.2, 0.25) is 0 Å². The summed E-state index contributed by atoms with van der Waals surface area (Å²) in [4.78, 5) is 0. The molecule has 0 saturated carbocycles. The largest absolute Gasteiger partial charge is 0.381 e. The molecule has 2 aromatic rings. The smallest absolute Gasteiger partial charge is 0.0409 e. The first-order chi connectivity index (χ1) is 6.84. The van der Waals surface area contributed by atoms with Gasteiger partial charge >= 0.3 is 0 Å². The Morgan fingerprint density at radius 2 is 1.93 bits per heavy atom. The molecule has 1 aromatic heterocycles. The van der Waals surface area contributed by atoms with Crippen LogP contribution in [0, 0.1) is 6.92 Å². The van der Waals surface area contributed by atoms with Crippen molar-refractivity contribution in [2.45, 2.75) is 13.5 Å².